The first-order chi connectivity index (χ1) is 11.6. The Bertz CT molecular complexity index is 788. The Balaban J connectivity index is 1.53. The van der Waals surface area contributed by atoms with E-state index < -0.39 is 5.41 Å². The van der Waals surface area contributed by atoms with Gasteiger partial charge in [0.15, 0.2) is 0 Å². The molecule has 1 aliphatic carbocycles. The van der Waals surface area contributed by atoms with Gasteiger partial charge in [-0.1, -0.05) is 42.7 Å². The molecule has 5 heteroatoms. The second kappa shape index (κ2) is 5.81. The van der Waals surface area contributed by atoms with Crippen LogP contribution >= 0.6 is 11.3 Å². The molecule has 1 saturated heterocycles. The molecule has 0 N–H and O–H groups in total. The van der Waals surface area contributed by atoms with Crippen LogP contribution in [0.5, 0.6) is 0 Å². The van der Waals surface area contributed by atoms with Gasteiger partial charge in [0.2, 0.25) is 11.8 Å². The van der Waals surface area contributed by atoms with Crippen LogP contribution in [0.1, 0.15) is 43.4 Å². The van der Waals surface area contributed by atoms with Crippen LogP contribution in [-0.2, 0) is 16.1 Å². The molecule has 2 fully saturated rings. The molecule has 24 heavy (non-hydrogen) atoms. The highest BCUT2D eigenvalue weighted by molar-refractivity contribution is 7.13. The number of thiazole rings is 1. The number of aromatic nitrogens is 1. The predicted molar refractivity (Wildman–Crippen MR) is 93.4 cm³/mol. The largest absolute Gasteiger partial charge is 0.276 e. The fourth-order valence-corrected chi connectivity index (χ4v) is 4.65. The molecular formula is C19H20N2O2S. The maximum Gasteiger partial charge on any atom is 0.236 e. The van der Waals surface area contributed by atoms with Crippen molar-refractivity contribution in [3.05, 3.63) is 40.9 Å². The van der Waals surface area contributed by atoms with Crippen molar-refractivity contribution in [3.63, 3.8) is 0 Å². The Labute approximate surface area is 145 Å². The summed E-state index contributed by atoms with van der Waals surface area (Å²) in [6.45, 7) is 2.36. The lowest BCUT2D eigenvalue weighted by Crippen LogP contribution is -2.34. The van der Waals surface area contributed by atoms with Crippen molar-refractivity contribution >= 4 is 23.2 Å². The first kappa shape index (κ1) is 15.5. The van der Waals surface area contributed by atoms with Crippen LogP contribution in [0.4, 0.5) is 0 Å². The highest BCUT2D eigenvalue weighted by Gasteiger charge is 2.52. The van der Waals surface area contributed by atoms with Gasteiger partial charge in [0, 0.05) is 17.4 Å². The molecule has 0 radical (unpaired) electrons. The molecule has 1 saturated carbocycles. The summed E-state index contributed by atoms with van der Waals surface area (Å²) in [5.41, 5.74) is 2.69. The van der Waals surface area contributed by atoms with Gasteiger partial charge < -0.3 is 0 Å². The van der Waals surface area contributed by atoms with Gasteiger partial charge in [-0.25, -0.2) is 4.98 Å². The molecule has 1 aliphatic heterocycles. The monoisotopic (exact) mass is 340 g/mol. The minimum atomic E-state index is -0.396. The number of imide groups is 1. The van der Waals surface area contributed by atoms with Gasteiger partial charge in [0.05, 0.1) is 17.7 Å². The number of amides is 2. The number of carbonyl (C=O) groups excluding carboxylic acids is 2. The number of nitrogens with zero attached hydrogens (tertiary/aromatic N) is 2. The van der Waals surface area contributed by atoms with Crippen molar-refractivity contribution in [2.75, 3.05) is 0 Å². The van der Waals surface area contributed by atoms with Gasteiger partial charge in [-0.3, -0.25) is 14.5 Å². The van der Waals surface area contributed by atoms with Gasteiger partial charge in [-0.15, -0.1) is 11.3 Å². The summed E-state index contributed by atoms with van der Waals surface area (Å²) < 4.78 is 0. The summed E-state index contributed by atoms with van der Waals surface area (Å²) in [6.07, 6.45) is 4.22. The maximum atomic E-state index is 12.7. The molecule has 4 rings (SSSR count). The summed E-state index contributed by atoms with van der Waals surface area (Å²) in [6, 6.07) is 8.23. The van der Waals surface area contributed by atoms with Crippen molar-refractivity contribution in [1.82, 2.24) is 9.88 Å². The fourth-order valence-electron chi connectivity index (χ4n) is 3.83. The molecular weight excluding hydrogens is 320 g/mol. The van der Waals surface area contributed by atoms with E-state index in [0.717, 1.165) is 41.9 Å². The smallest absolute Gasteiger partial charge is 0.236 e. The number of hydrogen-bond donors (Lipinski definition) is 0. The van der Waals surface area contributed by atoms with Crippen LogP contribution in [0.15, 0.2) is 29.6 Å². The minimum Gasteiger partial charge on any atom is -0.276 e. The number of aryl methyl sites for hydroxylation is 1. The third kappa shape index (κ3) is 2.57. The van der Waals surface area contributed by atoms with E-state index in [9.17, 15) is 9.59 Å². The van der Waals surface area contributed by atoms with Crippen LogP contribution in [0.2, 0.25) is 0 Å². The van der Waals surface area contributed by atoms with Gasteiger partial charge in [-0.05, 0) is 19.8 Å². The number of carbonyl (C=O) groups is 2. The molecule has 0 atom stereocenters. The second-order valence-corrected chi connectivity index (χ2v) is 7.82. The van der Waals surface area contributed by atoms with E-state index in [4.69, 9.17) is 0 Å². The Hall–Kier alpha value is -2.01. The molecule has 124 valence electrons. The third-order valence-corrected chi connectivity index (χ3v) is 6.16. The predicted octanol–water partition coefficient (Wildman–Crippen LogP) is 3.94. The van der Waals surface area contributed by atoms with Crippen molar-refractivity contribution in [2.24, 2.45) is 5.41 Å². The fraction of sp³-hybridized carbons (Fsp3) is 0.421. The van der Waals surface area contributed by atoms with Gasteiger partial charge in [-0.2, -0.15) is 0 Å². The van der Waals surface area contributed by atoms with Crippen LogP contribution < -0.4 is 0 Å². The zero-order chi connectivity index (χ0) is 16.7. The summed E-state index contributed by atoms with van der Waals surface area (Å²) in [4.78, 5) is 31.1. The zero-order valence-electron chi connectivity index (χ0n) is 13.7. The SMILES string of the molecule is Cc1ccc(-c2nc(CN3C(=O)CC4(CCCC4)C3=O)cs2)cc1. The van der Waals surface area contributed by atoms with E-state index >= 15 is 0 Å². The summed E-state index contributed by atoms with van der Waals surface area (Å²) >= 11 is 1.56. The second-order valence-electron chi connectivity index (χ2n) is 6.96. The molecule has 2 amide bonds. The molecule has 2 aliphatic rings. The number of likely N-dealkylation sites (tertiary alicyclic amines) is 1. The molecule has 1 aromatic carbocycles. The van der Waals surface area contributed by atoms with Crippen molar-refractivity contribution in [1.29, 1.82) is 0 Å². The minimum absolute atomic E-state index is 0.0230. The Morgan fingerprint density at radius 3 is 2.58 bits per heavy atom. The lowest BCUT2D eigenvalue weighted by molar-refractivity contribution is -0.142. The van der Waals surface area contributed by atoms with E-state index in [1.165, 1.54) is 10.5 Å². The molecule has 1 spiro atoms. The van der Waals surface area contributed by atoms with Crippen molar-refractivity contribution in [2.45, 2.75) is 45.6 Å². The van der Waals surface area contributed by atoms with E-state index in [1.54, 1.807) is 11.3 Å². The molecule has 0 unspecified atom stereocenters. The average molecular weight is 340 g/mol. The molecule has 0 bridgehead atoms. The van der Waals surface area contributed by atoms with Crippen LogP contribution in [0.25, 0.3) is 10.6 Å². The van der Waals surface area contributed by atoms with E-state index in [0.29, 0.717) is 13.0 Å². The lowest BCUT2D eigenvalue weighted by Gasteiger charge is -2.20. The number of hydrogen-bond acceptors (Lipinski definition) is 4. The first-order valence-corrected chi connectivity index (χ1v) is 9.32. The molecule has 2 heterocycles. The Morgan fingerprint density at radius 1 is 1.17 bits per heavy atom. The molecule has 1 aromatic heterocycles. The summed E-state index contributed by atoms with van der Waals surface area (Å²) in [5.74, 6) is -0.0123. The molecule has 4 nitrogen and oxygen atoms in total. The van der Waals surface area contributed by atoms with Gasteiger partial charge in [0.1, 0.15) is 5.01 Å². The highest BCUT2D eigenvalue weighted by atomic mass is 32.1. The Morgan fingerprint density at radius 2 is 1.88 bits per heavy atom. The number of rotatable bonds is 3. The molecule has 2 aromatic rings. The van der Waals surface area contributed by atoms with Crippen molar-refractivity contribution < 1.29 is 9.59 Å². The maximum absolute atomic E-state index is 12.7. The van der Waals surface area contributed by atoms with Gasteiger partial charge in [0.25, 0.3) is 0 Å². The summed E-state index contributed by atoms with van der Waals surface area (Å²) in [7, 11) is 0. The highest BCUT2D eigenvalue weighted by Crippen LogP contribution is 2.47. The quantitative estimate of drug-likeness (QED) is 0.795. The average Bonchev–Trinajstić information content (AvgIpc) is 3.27. The normalized spacial score (nSPS) is 19.6. The van der Waals surface area contributed by atoms with Crippen LogP contribution in [0, 0.1) is 12.3 Å². The zero-order valence-corrected chi connectivity index (χ0v) is 14.6. The van der Waals surface area contributed by atoms with Gasteiger partial charge >= 0.3 is 0 Å². The standard InChI is InChI=1S/C19H20N2O2S/c1-13-4-6-14(7-5-13)17-20-15(12-24-17)11-21-16(22)10-19(18(21)23)8-2-3-9-19/h4-7,12H,2-3,8-11H2,1H3. The van der Waals surface area contributed by atoms with Crippen molar-refractivity contribution in [3.8, 4) is 10.6 Å². The summed E-state index contributed by atoms with van der Waals surface area (Å²) in [5, 5.41) is 2.88. The Kier molecular flexibility index (Phi) is 3.76. The van der Waals surface area contributed by atoms with Crippen LogP contribution in [-0.4, -0.2) is 21.7 Å². The van der Waals surface area contributed by atoms with Crippen LogP contribution in [0.3, 0.4) is 0 Å². The lowest BCUT2D eigenvalue weighted by atomic mass is 9.84. The third-order valence-electron chi connectivity index (χ3n) is 5.22. The topological polar surface area (TPSA) is 50.3 Å². The first-order valence-electron chi connectivity index (χ1n) is 8.44. The van der Waals surface area contributed by atoms with E-state index in [1.807, 2.05) is 5.38 Å². The van der Waals surface area contributed by atoms with E-state index in [2.05, 4.69) is 36.2 Å². The number of benzene rings is 1. The van der Waals surface area contributed by atoms with E-state index in [-0.39, 0.29) is 11.8 Å².